The summed E-state index contributed by atoms with van der Waals surface area (Å²) in [6, 6.07) is 17.7. The lowest BCUT2D eigenvalue weighted by atomic mass is 10.1. The van der Waals surface area contributed by atoms with Crippen molar-refractivity contribution in [2.75, 3.05) is 17.2 Å². The van der Waals surface area contributed by atoms with E-state index in [2.05, 4.69) is 37.8 Å². The lowest BCUT2D eigenvalue weighted by Crippen LogP contribution is -2.21. The molecule has 2 aromatic heterocycles. The molecule has 0 spiro atoms. The van der Waals surface area contributed by atoms with Crippen molar-refractivity contribution in [3.05, 3.63) is 72.3 Å². The first-order valence-electron chi connectivity index (χ1n) is 8.40. The first-order chi connectivity index (χ1) is 13.3. The van der Waals surface area contributed by atoms with Gasteiger partial charge in [-0.3, -0.25) is 5.10 Å². The Balaban J connectivity index is 1.89. The number of nitrogens with zero attached hydrogens (tertiary/aromatic N) is 5. The minimum atomic E-state index is 0.675. The molecule has 0 atom stereocenters. The van der Waals surface area contributed by atoms with Crippen LogP contribution in [0, 0.1) is 0 Å². The van der Waals surface area contributed by atoms with E-state index in [4.69, 9.17) is 11.6 Å². The molecule has 2 heterocycles. The number of aromatic amines is 1. The normalized spacial score (nSPS) is 10.9. The van der Waals surface area contributed by atoms with Crippen molar-refractivity contribution in [3.8, 4) is 16.9 Å². The molecular formula is C19H17ClN6S. The standard InChI is InChI=1S/C19H17ClN6S/c20-15-8-6-14(7-9-15)17-18(26-13-21-12-22-26)19(24-23-17)25(10-11-27)16-4-2-1-3-5-16/h1-9,12-13,27H,10-11H2,(H,23,24). The number of rotatable bonds is 6. The molecule has 4 rings (SSSR count). The van der Waals surface area contributed by atoms with Crippen LogP contribution in [0.15, 0.2) is 67.3 Å². The van der Waals surface area contributed by atoms with Crippen LogP contribution < -0.4 is 4.90 Å². The fourth-order valence-corrected chi connectivity index (χ4v) is 3.26. The summed E-state index contributed by atoms with van der Waals surface area (Å²) in [4.78, 5) is 6.21. The Bertz CT molecular complexity index is 999. The summed E-state index contributed by atoms with van der Waals surface area (Å²) >= 11 is 10.5. The van der Waals surface area contributed by atoms with Gasteiger partial charge < -0.3 is 4.90 Å². The van der Waals surface area contributed by atoms with Crippen LogP contribution in [0.2, 0.25) is 5.02 Å². The summed E-state index contributed by atoms with van der Waals surface area (Å²) in [5.41, 5.74) is 3.65. The maximum atomic E-state index is 6.05. The van der Waals surface area contributed by atoms with Crippen LogP contribution in [0.1, 0.15) is 0 Å². The van der Waals surface area contributed by atoms with Gasteiger partial charge in [-0.05, 0) is 24.3 Å². The molecule has 0 saturated heterocycles. The van der Waals surface area contributed by atoms with Crippen molar-refractivity contribution in [3.63, 3.8) is 0 Å². The molecule has 27 heavy (non-hydrogen) atoms. The van der Waals surface area contributed by atoms with Crippen LogP contribution in [-0.2, 0) is 0 Å². The quantitative estimate of drug-likeness (QED) is 0.475. The predicted molar refractivity (Wildman–Crippen MR) is 111 cm³/mol. The van der Waals surface area contributed by atoms with E-state index < -0.39 is 0 Å². The van der Waals surface area contributed by atoms with Crippen molar-refractivity contribution in [2.24, 2.45) is 0 Å². The third-order valence-electron chi connectivity index (χ3n) is 4.15. The second-order valence-electron chi connectivity index (χ2n) is 5.83. The van der Waals surface area contributed by atoms with E-state index in [0.717, 1.165) is 28.5 Å². The molecule has 136 valence electrons. The number of aromatic nitrogens is 5. The molecule has 4 aromatic rings. The van der Waals surface area contributed by atoms with Crippen LogP contribution in [-0.4, -0.2) is 37.3 Å². The number of thiol groups is 1. The van der Waals surface area contributed by atoms with E-state index in [0.29, 0.717) is 17.3 Å². The Morgan fingerprint density at radius 3 is 2.52 bits per heavy atom. The second kappa shape index (κ2) is 7.85. The van der Waals surface area contributed by atoms with Gasteiger partial charge in [-0.2, -0.15) is 22.8 Å². The number of para-hydroxylation sites is 1. The minimum absolute atomic E-state index is 0.675. The zero-order valence-electron chi connectivity index (χ0n) is 14.3. The SMILES string of the molecule is SCCN(c1ccccc1)c1n[nH]c(-c2ccc(Cl)cc2)c1-n1cncn1. The highest BCUT2D eigenvalue weighted by atomic mass is 35.5. The van der Waals surface area contributed by atoms with Crippen LogP contribution >= 0.6 is 24.2 Å². The highest BCUT2D eigenvalue weighted by Crippen LogP contribution is 2.35. The predicted octanol–water partition coefficient (Wildman–Crippen LogP) is 4.38. The van der Waals surface area contributed by atoms with Gasteiger partial charge in [0.1, 0.15) is 18.3 Å². The Morgan fingerprint density at radius 2 is 1.85 bits per heavy atom. The Kier molecular flexibility index (Phi) is 5.13. The third kappa shape index (κ3) is 3.56. The molecule has 0 fully saturated rings. The molecule has 8 heteroatoms. The average Bonchev–Trinajstić information content (AvgIpc) is 3.37. The zero-order chi connectivity index (χ0) is 18.6. The summed E-state index contributed by atoms with van der Waals surface area (Å²) in [7, 11) is 0. The van der Waals surface area contributed by atoms with E-state index in [9.17, 15) is 0 Å². The molecule has 0 aliphatic rings. The van der Waals surface area contributed by atoms with E-state index in [1.165, 1.54) is 6.33 Å². The number of benzene rings is 2. The number of hydrogen-bond acceptors (Lipinski definition) is 5. The minimum Gasteiger partial charge on any atom is -0.322 e. The van der Waals surface area contributed by atoms with Gasteiger partial charge in [0.15, 0.2) is 5.82 Å². The first-order valence-corrected chi connectivity index (χ1v) is 9.41. The largest absolute Gasteiger partial charge is 0.322 e. The molecule has 0 unspecified atom stereocenters. The average molecular weight is 397 g/mol. The Hall–Kier alpha value is -2.77. The summed E-state index contributed by atoms with van der Waals surface area (Å²) in [5.74, 6) is 1.43. The number of hydrogen-bond donors (Lipinski definition) is 2. The third-order valence-corrected chi connectivity index (χ3v) is 4.60. The van der Waals surface area contributed by atoms with Gasteiger partial charge in [0, 0.05) is 28.6 Å². The van der Waals surface area contributed by atoms with E-state index in [1.807, 2.05) is 54.6 Å². The molecule has 0 aliphatic carbocycles. The van der Waals surface area contributed by atoms with Crippen molar-refractivity contribution in [2.45, 2.75) is 0 Å². The lowest BCUT2D eigenvalue weighted by molar-refractivity contribution is 0.870. The number of nitrogens with one attached hydrogen (secondary N) is 1. The van der Waals surface area contributed by atoms with Crippen molar-refractivity contribution in [1.29, 1.82) is 0 Å². The molecule has 6 nitrogen and oxygen atoms in total. The van der Waals surface area contributed by atoms with E-state index in [1.54, 1.807) is 11.0 Å². The maximum Gasteiger partial charge on any atom is 0.181 e. The van der Waals surface area contributed by atoms with Gasteiger partial charge in [-0.15, -0.1) is 0 Å². The van der Waals surface area contributed by atoms with Crippen molar-refractivity contribution >= 4 is 35.7 Å². The number of halogens is 1. The van der Waals surface area contributed by atoms with Crippen LogP contribution in [0.25, 0.3) is 16.9 Å². The Morgan fingerprint density at radius 1 is 1.07 bits per heavy atom. The molecule has 0 saturated carbocycles. The lowest BCUT2D eigenvalue weighted by Gasteiger charge is -2.23. The fourth-order valence-electron chi connectivity index (χ4n) is 2.94. The molecule has 0 radical (unpaired) electrons. The second-order valence-corrected chi connectivity index (χ2v) is 6.71. The summed E-state index contributed by atoms with van der Waals surface area (Å²) < 4.78 is 1.72. The molecule has 1 N–H and O–H groups in total. The maximum absolute atomic E-state index is 6.05. The summed E-state index contributed by atoms with van der Waals surface area (Å²) in [6.07, 6.45) is 3.17. The molecule has 0 bridgehead atoms. The molecule has 2 aromatic carbocycles. The van der Waals surface area contributed by atoms with Gasteiger partial charge in [-0.1, -0.05) is 41.9 Å². The van der Waals surface area contributed by atoms with Gasteiger partial charge in [-0.25, -0.2) is 9.67 Å². The van der Waals surface area contributed by atoms with E-state index in [-0.39, 0.29) is 0 Å². The van der Waals surface area contributed by atoms with Crippen LogP contribution in [0.3, 0.4) is 0 Å². The van der Waals surface area contributed by atoms with Crippen LogP contribution in [0.5, 0.6) is 0 Å². The van der Waals surface area contributed by atoms with Gasteiger partial charge in [0.2, 0.25) is 0 Å². The van der Waals surface area contributed by atoms with Gasteiger partial charge in [0.05, 0.1) is 5.69 Å². The monoisotopic (exact) mass is 396 g/mol. The van der Waals surface area contributed by atoms with Gasteiger partial charge in [0.25, 0.3) is 0 Å². The van der Waals surface area contributed by atoms with Crippen LogP contribution in [0.4, 0.5) is 11.5 Å². The molecule has 0 aliphatic heterocycles. The van der Waals surface area contributed by atoms with Gasteiger partial charge >= 0.3 is 0 Å². The van der Waals surface area contributed by atoms with Crippen molar-refractivity contribution in [1.82, 2.24) is 25.0 Å². The molecular weight excluding hydrogens is 380 g/mol. The smallest absolute Gasteiger partial charge is 0.181 e. The summed E-state index contributed by atoms with van der Waals surface area (Å²) in [5, 5.41) is 12.8. The Labute approximate surface area is 167 Å². The molecule has 0 amide bonds. The highest BCUT2D eigenvalue weighted by molar-refractivity contribution is 7.80. The zero-order valence-corrected chi connectivity index (χ0v) is 16.0. The first kappa shape index (κ1) is 17.6. The fraction of sp³-hybridized carbons (Fsp3) is 0.105. The number of H-pyrrole nitrogens is 1. The topological polar surface area (TPSA) is 62.6 Å². The van der Waals surface area contributed by atoms with E-state index >= 15 is 0 Å². The van der Waals surface area contributed by atoms with Crippen molar-refractivity contribution < 1.29 is 0 Å². The number of anilines is 2. The summed E-state index contributed by atoms with van der Waals surface area (Å²) in [6.45, 7) is 0.694. The highest BCUT2D eigenvalue weighted by Gasteiger charge is 2.23.